The molecule has 0 aromatic carbocycles. The molecule has 0 fully saturated rings. The van der Waals surface area contributed by atoms with Crippen molar-refractivity contribution in [3.8, 4) is 0 Å². The van der Waals surface area contributed by atoms with Gasteiger partial charge >= 0.3 is 39.5 Å². The maximum absolute atomic E-state index is 12.9. The molecule has 17 nitrogen and oxygen atoms in total. The number of phosphoric acid groups is 2. The average molecular weight is 1200 g/mol. The highest BCUT2D eigenvalue weighted by molar-refractivity contribution is 7.47. The molecule has 0 spiro atoms. The Morgan fingerprint density at radius 3 is 0.877 bits per heavy atom. The number of carbonyl (C=O) groups is 4. The van der Waals surface area contributed by atoms with Gasteiger partial charge in [-0.25, -0.2) is 9.13 Å². The quantitative estimate of drug-likeness (QED) is 0.0222. The molecule has 480 valence electrons. The largest absolute Gasteiger partial charge is 0.472 e. The van der Waals surface area contributed by atoms with Crippen molar-refractivity contribution in [2.75, 3.05) is 39.6 Å². The number of carbonyl (C=O) groups excluding carboxylic acids is 4. The minimum absolute atomic E-state index is 0.101. The van der Waals surface area contributed by atoms with E-state index in [-0.39, 0.29) is 25.7 Å². The number of unbranched alkanes of at least 4 members (excludes halogenated alkanes) is 23. The molecule has 3 N–H and O–H groups in total. The van der Waals surface area contributed by atoms with Crippen LogP contribution in [0.2, 0.25) is 0 Å². The van der Waals surface area contributed by atoms with Crippen LogP contribution in [0.3, 0.4) is 0 Å². The summed E-state index contributed by atoms with van der Waals surface area (Å²) in [4.78, 5) is 72.1. The fraction of sp³-hybridized carbons (Fsp3) is 0.935. The highest BCUT2D eigenvalue weighted by Gasteiger charge is 2.30. The van der Waals surface area contributed by atoms with Crippen LogP contribution in [0.4, 0.5) is 0 Å². The molecule has 81 heavy (non-hydrogen) atoms. The minimum atomic E-state index is -4.94. The van der Waals surface area contributed by atoms with E-state index in [1.807, 2.05) is 0 Å². The molecule has 0 aromatic heterocycles. The Morgan fingerprint density at radius 2 is 0.593 bits per heavy atom. The zero-order valence-corrected chi connectivity index (χ0v) is 54.2. The van der Waals surface area contributed by atoms with Gasteiger partial charge in [-0.15, -0.1) is 0 Å². The highest BCUT2D eigenvalue weighted by atomic mass is 31.2. The second kappa shape index (κ2) is 52.4. The molecule has 4 unspecified atom stereocenters. The zero-order chi connectivity index (χ0) is 60.4. The second-order valence-electron chi connectivity index (χ2n) is 23.9. The Balaban J connectivity index is 5.25. The number of aliphatic hydroxyl groups is 1. The lowest BCUT2D eigenvalue weighted by atomic mass is 10.00. The Hall–Kier alpha value is -1.94. The molecule has 0 amide bonds. The van der Waals surface area contributed by atoms with E-state index in [9.17, 15) is 43.2 Å². The summed E-state index contributed by atoms with van der Waals surface area (Å²) in [6.45, 7) is 13.9. The molecule has 7 atom stereocenters. The third-order valence-corrected chi connectivity index (χ3v) is 16.7. The van der Waals surface area contributed by atoms with Gasteiger partial charge in [0.1, 0.15) is 19.3 Å². The van der Waals surface area contributed by atoms with E-state index >= 15 is 0 Å². The molecule has 0 saturated heterocycles. The monoisotopic (exact) mass is 1200 g/mol. The zero-order valence-electron chi connectivity index (χ0n) is 52.4. The predicted molar refractivity (Wildman–Crippen MR) is 321 cm³/mol. The Labute approximate surface area is 492 Å². The summed E-state index contributed by atoms with van der Waals surface area (Å²) in [5.41, 5.74) is 0. The van der Waals surface area contributed by atoms with Gasteiger partial charge in [0.15, 0.2) is 12.2 Å². The standard InChI is InChI=1S/C62H120O17P2/c1-9-54(7)40-32-24-17-20-27-35-43-60(65)73-49-58(79-62(67)45-37-29-21-18-25-33-41-55(8)10-2)51-77-81(70,71)75-47-56(63)46-74-80(68,69)76-50-57(78-61(66)44-36-28-19-16-23-31-39-53(5)6)48-72-59(64)42-34-26-15-13-11-12-14-22-30-38-52(3)4/h52-58,63H,9-51H2,1-8H3,(H,68,69)(H,70,71)/t54?,55?,56-,57-,58-/m1/s1. The molecule has 19 heteroatoms. The SMILES string of the molecule is CCC(C)CCCCCCCCC(=O)OC[C@H](COP(=O)(O)OC[C@H](O)COP(=O)(O)OC[C@@H](COC(=O)CCCCCCCCCCCC(C)C)OC(=O)CCCCCCCCC(C)C)OC(=O)CCCCCCCCC(C)CC. The number of hydrogen-bond acceptors (Lipinski definition) is 15. The van der Waals surface area contributed by atoms with Gasteiger partial charge in [-0.2, -0.15) is 0 Å². The van der Waals surface area contributed by atoms with E-state index in [1.165, 1.54) is 89.9 Å². The fourth-order valence-electron chi connectivity index (χ4n) is 9.01. The molecular formula is C62H120O17P2. The molecule has 0 aliphatic rings. The van der Waals surface area contributed by atoms with Gasteiger partial charge in [0, 0.05) is 25.7 Å². The average Bonchev–Trinajstić information content (AvgIpc) is 3.42. The first-order valence-electron chi connectivity index (χ1n) is 32.3. The van der Waals surface area contributed by atoms with Crippen LogP contribution in [-0.2, 0) is 65.4 Å². The van der Waals surface area contributed by atoms with E-state index in [0.717, 1.165) is 114 Å². The molecule has 0 heterocycles. The van der Waals surface area contributed by atoms with Crippen LogP contribution in [-0.4, -0.2) is 96.7 Å². The maximum Gasteiger partial charge on any atom is 0.472 e. The van der Waals surface area contributed by atoms with E-state index in [2.05, 4.69) is 55.4 Å². The topological polar surface area (TPSA) is 237 Å². The molecule has 0 radical (unpaired) electrons. The summed E-state index contributed by atoms with van der Waals surface area (Å²) < 4.78 is 67.9. The van der Waals surface area contributed by atoms with Crippen LogP contribution >= 0.6 is 15.6 Å². The first-order chi connectivity index (χ1) is 38.7. The lowest BCUT2D eigenvalue weighted by Gasteiger charge is -2.21. The Kier molecular flexibility index (Phi) is 51.1. The van der Waals surface area contributed by atoms with Crippen molar-refractivity contribution in [2.24, 2.45) is 23.7 Å². The summed E-state index contributed by atoms with van der Waals surface area (Å²) in [7, 11) is -9.88. The summed E-state index contributed by atoms with van der Waals surface area (Å²) in [6, 6.07) is 0. The lowest BCUT2D eigenvalue weighted by molar-refractivity contribution is -0.161. The molecule has 0 aliphatic carbocycles. The molecular weight excluding hydrogens is 1080 g/mol. The summed E-state index contributed by atoms with van der Waals surface area (Å²) in [5.74, 6) is 0.716. The van der Waals surface area contributed by atoms with Crippen LogP contribution in [0.25, 0.3) is 0 Å². The first-order valence-corrected chi connectivity index (χ1v) is 35.3. The first kappa shape index (κ1) is 79.1. The van der Waals surface area contributed by atoms with Gasteiger partial charge < -0.3 is 33.8 Å². The summed E-state index contributed by atoms with van der Waals surface area (Å²) >= 11 is 0. The second-order valence-corrected chi connectivity index (χ2v) is 26.8. The maximum atomic E-state index is 12.9. The number of hydrogen-bond donors (Lipinski definition) is 3. The number of ether oxygens (including phenoxy) is 4. The van der Waals surface area contributed by atoms with Crippen molar-refractivity contribution in [3.63, 3.8) is 0 Å². The predicted octanol–water partition coefficient (Wildman–Crippen LogP) is 16.6. The van der Waals surface area contributed by atoms with Crippen molar-refractivity contribution >= 4 is 39.5 Å². The van der Waals surface area contributed by atoms with E-state index in [1.54, 1.807) is 0 Å². The molecule has 0 rings (SSSR count). The van der Waals surface area contributed by atoms with Gasteiger partial charge in [-0.1, -0.05) is 242 Å². The van der Waals surface area contributed by atoms with Gasteiger partial charge in [-0.05, 0) is 49.4 Å². The van der Waals surface area contributed by atoms with Crippen molar-refractivity contribution < 1.29 is 80.2 Å². The molecule has 0 saturated carbocycles. The normalized spacial score (nSPS) is 15.2. The third-order valence-electron chi connectivity index (χ3n) is 14.8. The number of phosphoric ester groups is 2. The highest BCUT2D eigenvalue weighted by Crippen LogP contribution is 2.45. The smallest absolute Gasteiger partial charge is 0.462 e. The molecule has 0 aromatic rings. The Morgan fingerprint density at radius 1 is 0.346 bits per heavy atom. The number of aliphatic hydroxyl groups excluding tert-OH is 1. The van der Waals surface area contributed by atoms with Gasteiger partial charge in [0.2, 0.25) is 0 Å². The van der Waals surface area contributed by atoms with Crippen LogP contribution in [0.1, 0.15) is 293 Å². The third kappa shape index (κ3) is 54.5. The van der Waals surface area contributed by atoms with E-state index < -0.39 is 97.5 Å². The van der Waals surface area contributed by atoms with Crippen molar-refractivity contribution in [1.82, 2.24) is 0 Å². The van der Waals surface area contributed by atoms with E-state index in [4.69, 9.17) is 37.0 Å². The Bertz CT molecular complexity index is 1630. The van der Waals surface area contributed by atoms with E-state index in [0.29, 0.717) is 31.6 Å². The fourth-order valence-corrected chi connectivity index (χ4v) is 10.6. The van der Waals surface area contributed by atoms with Crippen LogP contribution < -0.4 is 0 Å². The lowest BCUT2D eigenvalue weighted by Crippen LogP contribution is -2.30. The number of esters is 4. The van der Waals surface area contributed by atoms with Crippen molar-refractivity contribution in [3.05, 3.63) is 0 Å². The molecule has 0 aliphatic heterocycles. The van der Waals surface area contributed by atoms with Crippen LogP contribution in [0.5, 0.6) is 0 Å². The van der Waals surface area contributed by atoms with Crippen LogP contribution in [0, 0.1) is 23.7 Å². The van der Waals surface area contributed by atoms with Gasteiger partial charge in [-0.3, -0.25) is 37.3 Å². The van der Waals surface area contributed by atoms with Gasteiger partial charge in [0.05, 0.1) is 26.4 Å². The van der Waals surface area contributed by atoms with Gasteiger partial charge in [0.25, 0.3) is 0 Å². The molecule has 0 bridgehead atoms. The summed E-state index contributed by atoms with van der Waals surface area (Å²) in [6.07, 6.45) is 31.0. The van der Waals surface area contributed by atoms with Crippen molar-refractivity contribution in [1.29, 1.82) is 0 Å². The van der Waals surface area contributed by atoms with Crippen LogP contribution in [0.15, 0.2) is 0 Å². The van der Waals surface area contributed by atoms with Crippen molar-refractivity contribution in [2.45, 2.75) is 311 Å². The number of rotatable bonds is 59. The summed E-state index contributed by atoms with van der Waals surface area (Å²) in [5, 5.41) is 10.5. The minimum Gasteiger partial charge on any atom is -0.462 e.